The molecule has 0 spiro atoms. The summed E-state index contributed by atoms with van der Waals surface area (Å²) in [7, 11) is 0. The van der Waals surface area contributed by atoms with E-state index in [1.54, 1.807) is 0 Å². The van der Waals surface area contributed by atoms with Gasteiger partial charge in [-0.25, -0.2) is 4.99 Å². The number of hydrogen-bond donors (Lipinski definition) is 2. The summed E-state index contributed by atoms with van der Waals surface area (Å²) in [6.07, 6.45) is 8.10. The topological polar surface area (TPSA) is 45.6 Å². The van der Waals surface area contributed by atoms with E-state index in [9.17, 15) is 0 Å². The molecule has 0 aromatic rings. The van der Waals surface area contributed by atoms with Crippen LogP contribution >= 0.6 is 11.8 Å². The second-order valence-electron chi connectivity index (χ2n) is 7.30. The van der Waals surface area contributed by atoms with Crippen LogP contribution in [-0.2, 0) is 4.74 Å². The zero-order valence-electron chi connectivity index (χ0n) is 12.9. The monoisotopic (exact) mass is 309 g/mol. The van der Waals surface area contributed by atoms with E-state index in [0.717, 1.165) is 30.1 Å². The minimum Gasteiger partial charge on any atom is -0.362 e. The SMILES string of the molecule is CC1(C2CCNCC2)OCN=C(N[C@H]2C[C@@H]3CC[C@H]2C3)S1. The van der Waals surface area contributed by atoms with Gasteiger partial charge in [0.05, 0.1) is 0 Å². The van der Waals surface area contributed by atoms with Crippen LogP contribution in [0.15, 0.2) is 4.99 Å². The first-order chi connectivity index (χ1) is 10.2. The lowest BCUT2D eigenvalue weighted by atomic mass is 9.92. The van der Waals surface area contributed by atoms with Crippen LogP contribution < -0.4 is 10.6 Å². The highest BCUT2D eigenvalue weighted by Gasteiger charge is 2.43. The smallest absolute Gasteiger partial charge is 0.161 e. The summed E-state index contributed by atoms with van der Waals surface area (Å²) in [5.41, 5.74) is 0. The van der Waals surface area contributed by atoms with Gasteiger partial charge in [-0.3, -0.25) is 0 Å². The Kier molecular flexibility index (Phi) is 3.92. The number of rotatable bonds is 2. The molecule has 1 unspecified atom stereocenters. The van der Waals surface area contributed by atoms with E-state index < -0.39 is 0 Å². The van der Waals surface area contributed by atoms with Gasteiger partial charge in [-0.05, 0) is 64.0 Å². The zero-order valence-corrected chi connectivity index (χ0v) is 13.8. The maximum Gasteiger partial charge on any atom is 0.161 e. The van der Waals surface area contributed by atoms with Crippen LogP contribution in [-0.4, -0.2) is 36.0 Å². The van der Waals surface area contributed by atoms with E-state index in [2.05, 4.69) is 22.5 Å². The molecule has 4 rings (SSSR count). The summed E-state index contributed by atoms with van der Waals surface area (Å²) >= 11 is 1.84. The predicted molar refractivity (Wildman–Crippen MR) is 87.3 cm³/mol. The third-order valence-electron chi connectivity index (χ3n) is 5.99. The van der Waals surface area contributed by atoms with Crippen LogP contribution in [0.4, 0.5) is 0 Å². The first-order valence-electron chi connectivity index (χ1n) is 8.57. The first-order valence-corrected chi connectivity index (χ1v) is 9.39. The maximum absolute atomic E-state index is 6.07. The lowest BCUT2D eigenvalue weighted by molar-refractivity contribution is -0.0102. The molecule has 4 aliphatic rings. The average molecular weight is 309 g/mol. The molecule has 3 fully saturated rings. The van der Waals surface area contributed by atoms with Gasteiger partial charge >= 0.3 is 0 Å². The van der Waals surface area contributed by atoms with Gasteiger partial charge in [-0.2, -0.15) is 0 Å². The van der Waals surface area contributed by atoms with Crippen molar-refractivity contribution < 1.29 is 4.74 Å². The Morgan fingerprint density at radius 1 is 1.24 bits per heavy atom. The van der Waals surface area contributed by atoms with Gasteiger partial charge in [-0.1, -0.05) is 18.2 Å². The van der Waals surface area contributed by atoms with Gasteiger partial charge in [0.25, 0.3) is 0 Å². The number of nitrogens with zero attached hydrogens (tertiary/aromatic N) is 1. The molecule has 5 heteroatoms. The van der Waals surface area contributed by atoms with Crippen molar-refractivity contribution in [2.24, 2.45) is 22.7 Å². The molecule has 2 bridgehead atoms. The van der Waals surface area contributed by atoms with Gasteiger partial charge < -0.3 is 15.4 Å². The quantitative estimate of drug-likeness (QED) is 0.823. The Hall–Kier alpha value is -0.260. The summed E-state index contributed by atoms with van der Waals surface area (Å²) < 4.78 is 6.07. The van der Waals surface area contributed by atoms with Crippen LogP contribution in [0.1, 0.15) is 45.4 Å². The Labute approximate surface area is 131 Å². The molecule has 2 N–H and O–H groups in total. The number of ether oxygens (including phenoxy) is 1. The standard InChI is InChI=1S/C16H27N3OS/c1-16(13-4-6-17-7-5-13)20-10-18-15(21-16)19-14-9-11-2-3-12(14)8-11/h11-14,17H,2-10H2,1H3,(H,18,19)/t11-,12+,14+,16?/m1/s1. The molecule has 4 atom stereocenters. The van der Waals surface area contributed by atoms with Crippen LogP contribution in [0.2, 0.25) is 0 Å². The minimum absolute atomic E-state index is 0.0934. The molecule has 21 heavy (non-hydrogen) atoms. The van der Waals surface area contributed by atoms with Crippen LogP contribution in [0, 0.1) is 17.8 Å². The molecule has 118 valence electrons. The molecule has 4 nitrogen and oxygen atoms in total. The van der Waals surface area contributed by atoms with E-state index in [0.29, 0.717) is 18.7 Å². The van der Waals surface area contributed by atoms with Crippen LogP contribution in [0.25, 0.3) is 0 Å². The van der Waals surface area contributed by atoms with Gasteiger partial charge in [-0.15, -0.1) is 0 Å². The van der Waals surface area contributed by atoms with E-state index in [4.69, 9.17) is 4.74 Å². The Balaban J connectivity index is 1.39. The molecular weight excluding hydrogens is 282 g/mol. The molecule has 0 aromatic heterocycles. The minimum atomic E-state index is -0.0934. The first kappa shape index (κ1) is 14.3. The van der Waals surface area contributed by atoms with Crippen molar-refractivity contribution in [1.82, 2.24) is 10.6 Å². The van der Waals surface area contributed by atoms with Gasteiger partial charge in [0.1, 0.15) is 11.7 Å². The maximum atomic E-state index is 6.07. The third-order valence-corrected chi connectivity index (χ3v) is 7.28. The van der Waals surface area contributed by atoms with Gasteiger partial charge in [0.2, 0.25) is 0 Å². The van der Waals surface area contributed by atoms with Gasteiger partial charge in [0, 0.05) is 12.0 Å². The zero-order chi connectivity index (χ0) is 14.3. The normalized spacial score (nSPS) is 43.9. The highest BCUT2D eigenvalue weighted by atomic mass is 32.2. The molecule has 0 amide bonds. The van der Waals surface area contributed by atoms with Crippen LogP contribution in [0.3, 0.4) is 0 Å². The number of nitrogens with one attached hydrogen (secondary N) is 2. The number of piperidine rings is 1. The summed E-state index contributed by atoms with van der Waals surface area (Å²) in [5, 5.41) is 8.35. The van der Waals surface area contributed by atoms with Crippen molar-refractivity contribution in [1.29, 1.82) is 0 Å². The number of fused-ring (bicyclic) bond motifs is 2. The van der Waals surface area contributed by atoms with Crippen molar-refractivity contribution in [3.05, 3.63) is 0 Å². The fourth-order valence-corrected chi connectivity index (χ4v) is 5.90. The van der Waals surface area contributed by atoms with Crippen molar-refractivity contribution in [3.8, 4) is 0 Å². The molecular formula is C16H27N3OS. The molecule has 2 aliphatic carbocycles. The molecule has 0 aromatic carbocycles. The fourth-order valence-electron chi connectivity index (χ4n) is 4.68. The van der Waals surface area contributed by atoms with E-state index >= 15 is 0 Å². The Morgan fingerprint density at radius 3 is 2.81 bits per heavy atom. The second kappa shape index (κ2) is 5.74. The van der Waals surface area contributed by atoms with E-state index in [1.165, 1.54) is 38.5 Å². The molecule has 2 saturated carbocycles. The van der Waals surface area contributed by atoms with Gasteiger partial charge in [0.15, 0.2) is 5.17 Å². The van der Waals surface area contributed by atoms with Crippen molar-refractivity contribution in [2.45, 2.75) is 56.4 Å². The summed E-state index contributed by atoms with van der Waals surface area (Å²) in [6, 6.07) is 0.672. The lowest BCUT2D eigenvalue weighted by Crippen LogP contribution is -2.47. The summed E-state index contributed by atoms with van der Waals surface area (Å²) in [5.74, 6) is 2.51. The van der Waals surface area contributed by atoms with Crippen LogP contribution in [0.5, 0.6) is 0 Å². The second-order valence-corrected chi connectivity index (χ2v) is 8.71. The lowest BCUT2D eigenvalue weighted by Gasteiger charge is -2.41. The number of thioether (sulfide) groups is 1. The Morgan fingerprint density at radius 2 is 2.10 bits per heavy atom. The molecule has 0 radical (unpaired) electrons. The largest absolute Gasteiger partial charge is 0.362 e. The van der Waals surface area contributed by atoms with Crippen molar-refractivity contribution >= 4 is 16.9 Å². The summed E-state index contributed by atoms with van der Waals surface area (Å²) in [6.45, 7) is 5.04. The molecule has 1 saturated heterocycles. The fraction of sp³-hybridized carbons (Fsp3) is 0.938. The van der Waals surface area contributed by atoms with Crippen molar-refractivity contribution in [2.75, 3.05) is 19.8 Å². The number of aliphatic imine (C=N–C) groups is 1. The third kappa shape index (κ3) is 2.84. The highest BCUT2D eigenvalue weighted by molar-refractivity contribution is 8.14. The Bertz CT molecular complexity index is 424. The van der Waals surface area contributed by atoms with Crippen molar-refractivity contribution in [3.63, 3.8) is 0 Å². The van der Waals surface area contributed by atoms with E-state index in [-0.39, 0.29) is 4.93 Å². The summed E-state index contributed by atoms with van der Waals surface area (Å²) in [4.78, 5) is 4.50. The number of hydrogen-bond acceptors (Lipinski definition) is 5. The highest BCUT2D eigenvalue weighted by Crippen LogP contribution is 2.46. The average Bonchev–Trinajstić information content (AvgIpc) is 3.11. The molecule has 2 heterocycles. The van der Waals surface area contributed by atoms with E-state index in [1.807, 2.05) is 11.8 Å². The predicted octanol–water partition coefficient (Wildman–Crippen LogP) is 2.56. The number of amidine groups is 1. The molecule has 2 aliphatic heterocycles.